The Morgan fingerprint density at radius 3 is 2.90 bits per heavy atom. The van der Waals surface area contributed by atoms with Gasteiger partial charge < -0.3 is 20.7 Å². The van der Waals surface area contributed by atoms with Gasteiger partial charge in [-0.1, -0.05) is 0 Å². The summed E-state index contributed by atoms with van der Waals surface area (Å²) in [5.41, 5.74) is 6.81. The maximum atomic E-state index is 12.3. The summed E-state index contributed by atoms with van der Waals surface area (Å²) in [7, 11) is 1.56. The Hall–Kier alpha value is -1.75. The predicted molar refractivity (Wildman–Crippen MR) is 84.6 cm³/mol. The predicted octanol–water partition coefficient (Wildman–Crippen LogP) is 1.74. The van der Waals surface area contributed by atoms with E-state index in [9.17, 15) is 4.79 Å². The third kappa shape index (κ3) is 3.88. The maximum absolute atomic E-state index is 12.3. The topological polar surface area (TPSA) is 67.6 Å². The molecule has 0 saturated carbocycles. The number of anilines is 1. The molecule has 1 amide bonds. The third-order valence-corrected chi connectivity index (χ3v) is 4.07. The summed E-state index contributed by atoms with van der Waals surface area (Å²) in [6.45, 7) is 7.27. The number of carbonyl (C=O) groups is 1. The number of nitrogens with two attached hydrogens (primary N) is 1. The highest BCUT2D eigenvalue weighted by Gasteiger charge is 2.24. The van der Waals surface area contributed by atoms with Gasteiger partial charge >= 0.3 is 0 Å². The van der Waals surface area contributed by atoms with E-state index in [1.807, 2.05) is 0 Å². The summed E-state index contributed by atoms with van der Waals surface area (Å²) in [6.07, 6.45) is 1.13. The zero-order valence-corrected chi connectivity index (χ0v) is 13.1. The van der Waals surface area contributed by atoms with Crippen LogP contribution in [0.25, 0.3) is 0 Å². The van der Waals surface area contributed by atoms with E-state index >= 15 is 0 Å². The Morgan fingerprint density at radius 2 is 2.29 bits per heavy atom. The number of amides is 1. The highest BCUT2D eigenvalue weighted by atomic mass is 16.5. The number of hydrogen-bond donors (Lipinski definition) is 2. The molecule has 21 heavy (non-hydrogen) atoms. The lowest BCUT2D eigenvalue weighted by atomic mass is 10.1. The lowest BCUT2D eigenvalue weighted by Gasteiger charge is -2.20. The Balaban J connectivity index is 1.92. The van der Waals surface area contributed by atoms with E-state index in [0.29, 0.717) is 35.5 Å². The number of likely N-dealkylation sites (tertiary alicyclic amines) is 1. The highest BCUT2D eigenvalue weighted by Crippen LogP contribution is 2.22. The molecule has 116 valence electrons. The first kappa shape index (κ1) is 15.6. The zero-order valence-electron chi connectivity index (χ0n) is 13.1. The van der Waals surface area contributed by atoms with Crippen molar-refractivity contribution in [2.45, 2.75) is 26.3 Å². The second kappa shape index (κ2) is 6.80. The monoisotopic (exact) mass is 291 g/mol. The standard InChI is InChI=1S/C16H25N3O2/c1-11(2)19-7-6-12(10-19)9-18-16(20)14-8-13(17)4-5-15(14)21-3/h4-5,8,11-12H,6-7,9-10,17H2,1-3H3,(H,18,20). The molecule has 5 nitrogen and oxygen atoms in total. The molecule has 1 aromatic carbocycles. The molecule has 1 heterocycles. The number of nitrogen functional groups attached to an aromatic ring is 1. The van der Waals surface area contributed by atoms with Gasteiger partial charge in [0.15, 0.2) is 0 Å². The van der Waals surface area contributed by atoms with E-state index in [2.05, 4.69) is 24.1 Å². The van der Waals surface area contributed by atoms with Crippen molar-refractivity contribution in [1.29, 1.82) is 0 Å². The smallest absolute Gasteiger partial charge is 0.255 e. The van der Waals surface area contributed by atoms with Crippen molar-refractivity contribution < 1.29 is 9.53 Å². The summed E-state index contributed by atoms with van der Waals surface area (Å²) < 4.78 is 5.22. The molecule has 1 fully saturated rings. The van der Waals surface area contributed by atoms with Gasteiger partial charge in [-0.05, 0) is 50.9 Å². The highest BCUT2D eigenvalue weighted by molar-refractivity contribution is 5.97. The molecule has 0 aromatic heterocycles. The van der Waals surface area contributed by atoms with Crippen molar-refractivity contribution in [2.75, 3.05) is 32.5 Å². The molecule has 3 N–H and O–H groups in total. The molecule has 5 heteroatoms. The minimum absolute atomic E-state index is 0.123. The van der Waals surface area contributed by atoms with Gasteiger partial charge in [-0.15, -0.1) is 0 Å². The van der Waals surface area contributed by atoms with Crippen LogP contribution >= 0.6 is 0 Å². The minimum Gasteiger partial charge on any atom is -0.496 e. The quantitative estimate of drug-likeness (QED) is 0.811. The number of ether oxygens (including phenoxy) is 1. The fraction of sp³-hybridized carbons (Fsp3) is 0.562. The van der Waals surface area contributed by atoms with Crippen molar-refractivity contribution in [2.24, 2.45) is 5.92 Å². The van der Waals surface area contributed by atoms with Gasteiger partial charge in [-0.2, -0.15) is 0 Å². The van der Waals surface area contributed by atoms with Crippen molar-refractivity contribution in [3.8, 4) is 5.75 Å². The van der Waals surface area contributed by atoms with E-state index in [1.165, 1.54) is 0 Å². The number of carbonyl (C=O) groups excluding carboxylic acids is 1. The van der Waals surface area contributed by atoms with Gasteiger partial charge in [-0.25, -0.2) is 0 Å². The summed E-state index contributed by atoms with van der Waals surface area (Å²) in [5.74, 6) is 0.947. The minimum atomic E-state index is -0.123. The second-order valence-corrected chi connectivity index (χ2v) is 5.91. The van der Waals surface area contributed by atoms with E-state index in [1.54, 1.807) is 25.3 Å². The number of methoxy groups -OCH3 is 1. The van der Waals surface area contributed by atoms with Crippen LogP contribution in [0.1, 0.15) is 30.6 Å². The van der Waals surface area contributed by atoms with Crippen LogP contribution in [0.3, 0.4) is 0 Å². The van der Waals surface area contributed by atoms with Gasteiger partial charge in [0.25, 0.3) is 5.91 Å². The van der Waals surface area contributed by atoms with Crippen LogP contribution in [0.15, 0.2) is 18.2 Å². The SMILES string of the molecule is COc1ccc(N)cc1C(=O)NCC1CCN(C(C)C)C1. The Bertz CT molecular complexity index is 502. The number of benzene rings is 1. The van der Waals surface area contributed by atoms with Crippen molar-refractivity contribution >= 4 is 11.6 Å². The van der Waals surface area contributed by atoms with Gasteiger partial charge in [-0.3, -0.25) is 4.79 Å². The van der Waals surface area contributed by atoms with Crippen LogP contribution in [0.5, 0.6) is 5.75 Å². The summed E-state index contributed by atoms with van der Waals surface area (Å²) >= 11 is 0. The second-order valence-electron chi connectivity index (χ2n) is 5.91. The lowest BCUT2D eigenvalue weighted by molar-refractivity contribution is 0.0944. The zero-order chi connectivity index (χ0) is 15.4. The van der Waals surface area contributed by atoms with Gasteiger partial charge in [0, 0.05) is 24.8 Å². The molecule has 1 aliphatic heterocycles. The largest absolute Gasteiger partial charge is 0.496 e. The van der Waals surface area contributed by atoms with Crippen LogP contribution in [0.2, 0.25) is 0 Å². The molecule has 0 radical (unpaired) electrons. The molecule has 1 aromatic rings. The molecule has 0 bridgehead atoms. The molecular formula is C16H25N3O2. The number of rotatable bonds is 5. The summed E-state index contributed by atoms with van der Waals surface area (Å²) in [5, 5.41) is 3.00. The van der Waals surface area contributed by atoms with Gasteiger partial charge in [0.05, 0.1) is 12.7 Å². The number of nitrogens with one attached hydrogen (secondary N) is 1. The van der Waals surface area contributed by atoms with E-state index in [0.717, 1.165) is 19.5 Å². The number of nitrogens with zero attached hydrogens (tertiary/aromatic N) is 1. The van der Waals surface area contributed by atoms with E-state index in [4.69, 9.17) is 10.5 Å². The lowest BCUT2D eigenvalue weighted by Crippen LogP contribution is -2.33. The molecule has 1 unspecified atom stereocenters. The van der Waals surface area contributed by atoms with Crippen LogP contribution < -0.4 is 15.8 Å². The van der Waals surface area contributed by atoms with E-state index < -0.39 is 0 Å². The Kier molecular flexibility index (Phi) is 5.07. The Labute approximate surface area is 126 Å². The normalized spacial score (nSPS) is 19.0. The average Bonchev–Trinajstić information content (AvgIpc) is 2.94. The fourth-order valence-corrected chi connectivity index (χ4v) is 2.73. The maximum Gasteiger partial charge on any atom is 0.255 e. The molecule has 1 atom stereocenters. The van der Waals surface area contributed by atoms with Crippen molar-refractivity contribution in [1.82, 2.24) is 10.2 Å². The van der Waals surface area contributed by atoms with Gasteiger partial charge in [0.1, 0.15) is 5.75 Å². The first-order valence-corrected chi connectivity index (χ1v) is 7.47. The molecule has 0 aliphatic carbocycles. The summed E-state index contributed by atoms with van der Waals surface area (Å²) in [6, 6.07) is 5.68. The number of hydrogen-bond acceptors (Lipinski definition) is 4. The van der Waals surface area contributed by atoms with Gasteiger partial charge in [0.2, 0.25) is 0 Å². The van der Waals surface area contributed by atoms with Crippen LogP contribution in [0.4, 0.5) is 5.69 Å². The van der Waals surface area contributed by atoms with Crippen LogP contribution in [-0.2, 0) is 0 Å². The molecular weight excluding hydrogens is 266 g/mol. The molecule has 0 spiro atoms. The van der Waals surface area contributed by atoms with Crippen molar-refractivity contribution in [3.63, 3.8) is 0 Å². The van der Waals surface area contributed by atoms with Crippen LogP contribution in [-0.4, -0.2) is 43.6 Å². The fourth-order valence-electron chi connectivity index (χ4n) is 2.73. The third-order valence-electron chi connectivity index (χ3n) is 4.07. The average molecular weight is 291 g/mol. The molecule has 1 saturated heterocycles. The van der Waals surface area contributed by atoms with Crippen LogP contribution in [0, 0.1) is 5.92 Å². The molecule has 1 aliphatic rings. The van der Waals surface area contributed by atoms with E-state index in [-0.39, 0.29) is 5.91 Å². The van der Waals surface area contributed by atoms with Crippen molar-refractivity contribution in [3.05, 3.63) is 23.8 Å². The first-order chi connectivity index (χ1) is 10.0. The summed E-state index contributed by atoms with van der Waals surface area (Å²) in [4.78, 5) is 14.7. The Morgan fingerprint density at radius 1 is 1.52 bits per heavy atom. The molecule has 2 rings (SSSR count). The first-order valence-electron chi connectivity index (χ1n) is 7.47.